The summed E-state index contributed by atoms with van der Waals surface area (Å²) >= 11 is 3.00. The second-order valence-corrected chi connectivity index (χ2v) is 11.9. The normalized spacial score (nSPS) is 14.1. The first-order valence-corrected chi connectivity index (χ1v) is 13.5. The minimum atomic E-state index is -0.303. The van der Waals surface area contributed by atoms with E-state index in [1.165, 1.54) is 11.3 Å². The topological polar surface area (TPSA) is 111 Å². The van der Waals surface area contributed by atoms with Crippen LogP contribution in [0.5, 0.6) is 0 Å². The molecule has 1 aromatic carbocycles. The number of carbonyl (C=O) groups is 3. The molecule has 36 heavy (non-hydrogen) atoms. The lowest BCUT2D eigenvalue weighted by molar-refractivity contribution is -0.130. The summed E-state index contributed by atoms with van der Waals surface area (Å²) in [6.45, 7) is 9.93. The molecule has 1 saturated heterocycles. The first kappa shape index (κ1) is 25.9. The number of rotatable bonds is 6. The van der Waals surface area contributed by atoms with Crippen LogP contribution in [0.25, 0.3) is 0 Å². The number of thioether (sulfide) groups is 1. The number of piperazine rings is 1. The Morgan fingerprint density at radius 2 is 1.83 bits per heavy atom. The van der Waals surface area contributed by atoms with Crippen molar-refractivity contribution in [3.05, 3.63) is 59.0 Å². The molecule has 190 valence electrons. The number of hydrogen-bond acceptors (Lipinski definition) is 7. The Hall–Kier alpha value is -3.18. The van der Waals surface area contributed by atoms with Gasteiger partial charge in [-0.3, -0.25) is 24.8 Å². The number of thiazole rings is 1. The molecule has 1 fully saturated rings. The van der Waals surface area contributed by atoms with Crippen LogP contribution in [0, 0.1) is 0 Å². The molecule has 0 bridgehead atoms. The van der Waals surface area contributed by atoms with Crippen LogP contribution in [-0.4, -0.2) is 68.9 Å². The van der Waals surface area contributed by atoms with Crippen molar-refractivity contribution < 1.29 is 14.4 Å². The molecule has 2 aromatic heterocycles. The second-order valence-electron chi connectivity index (χ2n) is 9.64. The van der Waals surface area contributed by atoms with Gasteiger partial charge < -0.3 is 9.80 Å². The highest BCUT2D eigenvalue weighted by Crippen LogP contribution is 2.31. The maximum atomic E-state index is 12.9. The molecule has 9 nitrogen and oxygen atoms in total. The minimum absolute atomic E-state index is 0.0131. The third kappa shape index (κ3) is 6.33. The van der Waals surface area contributed by atoms with E-state index in [2.05, 4.69) is 41.3 Å². The van der Waals surface area contributed by atoms with Crippen molar-refractivity contribution in [2.75, 3.05) is 31.5 Å². The van der Waals surface area contributed by atoms with Gasteiger partial charge in [0.1, 0.15) is 0 Å². The fraction of sp³-hybridized carbons (Fsp3) is 0.400. The number of aromatic nitrogens is 3. The van der Waals surface area contributed by atoms with Crippen LogP contribution in [0.15, 0.2) is 40.7 Å². The van der Waals surface area contributed by atoms with E-state index in [0.717, 1.165) is 15.5 Å². The van der Waals surface area contributed by atoms with Crippen molar-refractivity contribution in [3.8, 4) is 0 Å². The fourth-order valence-electron chi connectivity index (χ4n) is 3.72. The van der Waals surface area contributed by atoms with Crippen LogP contribution >= 0.6 is 23.1 Å². The highest BCUT2D eigenvalue weighted by atomic mass is 32.2. The van der Waals surface area contributed by atoms with Crippen molar-refractivity contribution in [3.63, 3.8) is 0 Å². The third-order valence-corrected chi connectivity index (χ3v) is 8.07. The standard InChI is InChI=1S/C25H30N6O3S2/c1-16(32)30-8-10-31(11-9-30)23(34)18-7-5-6-17(12-18)15-35-21-14-26-24(36-21)27-22(33)19-13-20(29-28-19)25(2,3)4/h5-7,12-14H,8-11,15H2,1-4H3,(H,28,29)(H,26,27,33). The van der Waals surface area contributed by atoms with Crippen LogP contribution < -0.4 is 5.32 Å². The van der Waals surface area contributed by atoms with Gasteiger partial charge in [0.2, 0.25) is 5.91 Å². The number of aromatic amines is 1. The van der Waals surface area contributed by atoms with Gasteiger partial charge in [-0.25, -0.2) is 4.98 Å². The maximum Gasteiger partial charge on any atom is 0.277 e. The van der Waals surface area contributed by atoms with Gasteiger partial charge in [0.15, 0.2) is 10.8 Å². The van der Waals surface area contributed by atoms with E-state index in [1.54, 1.807) is 40.7 Å². The predicted octanol–water partition coefficient (Wildman–Crippen LogP) is 4.01. The zero-order valence-corrected chi connectivity index (χ0v) is 22.5. The van der Waals surface area contributed by atoms with Crippen LogP contribution in [0.1, 0.15) is 59.8 Å². The van der Waals surface area contributed by atoms with Crippen molar-refractivity contribution in [1.29, 1.82) is 0 Å². The number of H-pyrrole nitrogens is 1. The monoisotopic (exact) mass is 526 g/mol. The average Bonchev–Trinajstić information content (AvgIpc) is 3.52. The van der Waals surface area contributed by atoms with Gasteiger partial charge in [-0.15, -0.1) is 11.8 Å². The van der Waals surface area contributed by atoms with E-state index in [1.807, 2.05) is 24.3 Å². The third-order valence-electron chi connectivity index (χ3n) is 5.89. The number of hydrogen-bond donors (Lipinski definition) is 2. The molecule has 0 aliphatic carbocycles. The van der Waals surface area contributed by atoms with E-state index in [4.69, 9.17) is 0 Å². The lowest BCUT2D eigenvalue weighted by Gasteiger charge is -2.34. The first-order valence-electron chi connectivity index (χ1n) is 11.7. The molecule has 11 heteroatoms. The quantitative estimate of drug-likeness (QED) is 0.470. The SMILES string of the molecule is CC(=O)N1CCN(C(=O)c2cccc(CSc3cnc(NC(=O)c4cc(C(C)(C)C)[nH]n4)s3)c2)CC1. The molecule has 1 aliphatic heterocycles. The molecule has 1 aliphatic rings. The van der Waals surface area contributed by atoms with E-state index in [0.29, 0.717) is 48.3 Å². The maximum absolute atomic E-state index is 12.9. The Kier molecular flexibility index (Phi) is 7.79. The largest absolute Gasteiger partial charge is 0.339 e. The first-order chi connectivity index (χ1) is 17.1. The molecule has 3 aromatic rings. The molecular weight excluding hydrogens is 496 g/mol. The van der Waals surface area contributed by atoms with Crippen molar-refractivity contribution in [2.45, 2.75) is 43.1 Å². The lowest BCUT2D eigenvalue weighted by Crippen LogP contribution is -2.50. The van der Waals surface area contributed by atoms with Gasteiger partial charge in [0.05, 0.1) is 10.4 Å². The molecule has 3 amide bonds. The summed E-state index contributed by atoms with van der Waals surface area (Å²) in [6.07, 6.45) is 1.74. The number of nitrogens with zero attached hydrogens (tertiary/aromatic N) is 4. The molecular formula is C25H30N6O3S2. The van der Waals surface area contributed by atoms with E-state index < -0.39 is 0 Å². The number of amides is 3. The summed E-state index contributed by atoms with van der Waals surface area (Å²) in [5.41, 5.74) is 2.77. The molecule has 0 radical (unpaired) electrons. The summed E-state index contributed by atoms with van der Waals surface area (Å²) in [4.78, 5) is 44.9. The van der Waals surface area contributed by atoms with E-state index in [9.17, 15) is 14.4 Å². The van der Waals surface area contributed by atoms with Gasteiger partial charge in [0.25, 0.3) is 11.8 Å². The van der Waals surface area contributed by atoms with Crippen LogP contribution in [0.4, 0.5) is 5.13 Å². The van der Waals surface area contributed by atoms with Gasteiger partial charge in [-0.1, -0.05) is 44.2 Å². The molecule has 0 unspecified atom stereocenters. The summed E-state index contributed by atoms with van der Waals surface area (Å²) in [5.74, 6) is 0.398. The van der Waals surface area contributed by atoms with Crippen molar-refractivity contribution in [2.24, 2.45) is 0 Å². The minimum Gasteiger partial charge on any atom is -0.339 e. The number of benzene rings is 1. The summed E-state index contributed by atoms with van der Waals surface area (Å²) in [5, 5.41) is 10.4. The molecule has 0 saturated carbocycles. The summed E-state index contributed by atoms with van der Waals surface area (Å²) in [7, 11) is 0. The molecule has 0 spiro atoms. The van der Waals surface area contributed by atoms with Crippen molar-refractivity contribution >= 4 is 46.0 Å². The van der Waals surface area contributed by atoms with Crippen molar-refractivity contribution in [1.82, 2.24) is 25.0 Å². The molecule has 3 heterocycles. The average molecular weight is 527 g/mol. The number of anilines is 1. The molecule has 4 rings (SSSR count). The van der Waals surface area contributed by atoms with Gasteiger partial charge in [0, 0.05) is 55.5 Å². The lowest BCUT2D eigenvalue weighted by atomic mass is 9.92. The van der Waals surface area contributed by atoms with Gasteiger partial charge >= 0.3 is 0 Å². The van der Waals surface area contributed by atoms with E-state index >= 15 is 0 Å². The Morgan fingerprint density at radius 3 is 2.50 bits per heavy atom. The van der Waals surface area contributed by atoms with Crippen LogP contribution in [0.3, 0.4) is 0 Å². The Labute approximate surface area is 218 Å². The summed E-state index contributed by atoms with van der Waals surface area (Å²) < 4.78 is 0.958. The zero-order valence-electron chi connectivity index (χ0n) is 20.8. The smallest absolute Gasteiger partial charge is 0.277 e. The molecule has 0 atom stereocenters. The van der Waals surface area contributed by atoms with Gasteiger partial charge in [-0.05, 0) is 23.8 Å². The van der Waals surface area contributed by atoms with E-state index in [-0.39, 0.29) is 23.1 Å². The molecule has 2 N–H and O–H groups in total. The Bertz CT molecular complexity index is 1250. The number of nitrogens with one attached hydrogen (secondary N) is 2. The Balaban J connectivity index is 1.31. The summed E-state index contributed by atoms with van der Waals surface area (Å²) in [6, 6.07) is 9.39. The highest BCUT2D eigenvalue weighted by molar-refractivity contribution is 8.00. The Morgan fingerprint density at radius 1 is 1.11 bits per heavy atom. The number of carbonyl (C=O) groups excluding carboxylic acids is 3. The second kappa shape index (κ2) is 10.8. The van der Waals surface area contributed by atoms with Gasteiger partial charge in [-0.2, -0.15) is 5.10 Å². The fourth-order valence-corrected chi connectivity index (χ4v) is 5.53. The highest BCUT2D eigenvalue weighted by Gasteiger charge is 2.23. The van der Waals surface area contributed by atoms with Crippen LogP contribution in [0.2, 0.25) is 0 Å². The van der Waals surface area contributed by atoms with Crippen LogP contribution in [-0.2, 0) is 16.0 Å². The zero-order chi connectivity index (χ0) is 25.9. The predicted molar refractivity (Wildman–Crippen MR) is 142 cm³/mol.